The minimum absolute atomic E-state index is 0.210. The summed E-state index contributed by atoms with van der Waals surface area (Å²) in [6.07, 6.45) is 0. The molecule has 1 aliphatic rings. The molecule has 20 heavy (non-hydrogen) atoms. The second-order valence-electron chi connectivity index (χ2n) is 4.22. The van der Waals surface area contributed by atoms with Crippen LogP contribution in [0.5, 0.6) is 0 Å². The van der Waals surface area contributed by atoms with E-state index in [0.29, 0.717) is 26.3 Å². The third-order valence-corrected chi connectivity index (χ3v) is 4.15. The molecule has 3 N–H and O–H groups in total. The van der Waals surface area contributed by atoms with Crippen molar-refractivity contribution >= 4 is 10.0 Å². The minimum atomic E-state index is -3.55. The molecule has 0 spiro atoms. The van der Waals surface area contributed by atoms with Gasteiger partial charge in [-0.15, -0.1) is 4.83 Å². The number of hydrazine groups is 1. The summed E-state index contributed by atoms with van der Waals surface area (Å²) in [7, 11) is -3.55. The van der Waals surface area contributed by atoms with Gasteiger partial charge in [0.25, 0.3) is 10.0 Å². The largest absolute Gasteiger partial charge is 0.379 e. The molecule has 0 saturated carbocycles. The van der Waals surface area contributed by atoms with Crippen LogP contribution in [0, 0.1) is 11.8 Å². The molecule has 0 bridgehead atoms. The van der Waals surface area contributed by atoms with Gasteiger partial charge < -0.3 is 10.5 Å². The van der Waals surface area contributed by atoms with E-state index in [1.807, 2.05) is 0 Å². The van der Waals surface area contributed by atoms with Gasteiger partial charge in [-0.3, -0.25) is 0 Å². The summed E-state index contributed by atoms with van der Waals surface area (Å²) >= 11 is 0. The second-order valence-corrected chi connectivity index (χ2v) is 5.89. The molecule has 2 rings (SSSR count). The third kappa shape index (κ3) is 4.03. The van der Waals surface area contributed by atoms with Crippen LogP contribution in [0.4, 0.5) is 0 Å². The monoisotopic (exact) mass is 295 g/mol. The van der Waals surface area contributed by atoms with Crippen LogP contribution >= 0.6 is 0 Å². The summed E-state index contributed by atoms with van der Waals surface area (Å²) in [5, 5.41) is 1.64. The summed E-state index contributed by atoms with van der Waals surface area (Å²) in [5.74, 6) is 5.57. The van der Waals surface area contributed by atoms with E-state index in [1.54, 1.807) is 17.1 Å². The average molecular weight is 295 g/mol. The highest BCUT2D eigenvalue weighted by Crippen LogP contribution is 2.11. The summed E-state index contributed by atoms with van der Waals surface area (Å²) < 4.78 is 29.5. The molecule has 1 aromatic carbocycles. The summed E-state index contributed by atoms with van der Waals surface area (Å²) in [4.78, 5) is 2.75. The van der Waals surface area contributed by atoms with Crippen molar-refractivity contribution < 1.29 is 13.2 Å². The Morgan fingerprint density at radius 2 is 1.90 bits per heavy atom. The number of benzene rings is 1. The average Bonchev–Trinajstić information content (AvgIpc) is 2.46. The molecule has 0 unspecified atom stereocenters. The molecule has 1 heterocycles. The maximum absolute atomic E-state index is 12.2. The Labute approximate surface area is 118 Å². The van der Waals surface area contributed by atoms with Gasteiger partial charge >= 0.3 is 0 Å². The summed E-state index contributed by atoms with van der Waals surface area (Å²) in [5.41, 5.74) is 6.02. The molecule has 1 saturated heterocycles. The lowest BCUT2D eigenvalue weighted by molar-refractivity contribution is 0.0272. The van der Waals surface area contributed by atoms with Crippen LogP contribution < -0.4 is 10.6 Å². The standard InChI is InChI=1S/C13H17N3O3S/c14-7-1-2-12-3-5-13(6-4-12)20(17,18)15-16-8-10-19-11-9-16/h3-6,15H,7-11,14H2. The third-order valence-electron chi connectivity index (χ3n) is 2.76. The highest BCUT2D eigenvalue weighted by Gasteiger charge is 2.19. The van der Waals surface area contributed by atoms with Crippen LogP contribution in [-0.2, 0) is 14.8 Å². The van der Waals surface area contributed by atoms with Crippen molar-refractivity contribution in [2.24, 2.45) is 5.73 Å². The lowest BCUT2D eigenvalue weighted by atomic mass is 10.2. The molecule has 0 radical (unpaired) electrons. The first kappa shape index (κ1) is 15.0. The summed E-state index contributed by atoms with van der Waals surface area (Å²) in [6, 6.07) is 6.39. The van der Waals surface area contributed by atoms with Crippen LogP contribution in [0.3, 0.4) is 0 Å². The predicted octanol–water partition coefficient (Wildman–Crippen LogP) is -0.478. The van der Waals surface area contributed by atoms with Crippen LogP contribution in [0.25, 0.3) is 0 Å². The lowest BCUT2D eigenvalue weighted by Crippen LogP contribution is -2.48. The number of nitrogens with two attached hydrogens (primary N) is 1. The van der Waals surface area contributed by atoms with Gasteiger partial charge in [0.15, 0.2) is 0 Å². The zero-order chi connectivity index (χ0) is 14.4. The molecule has 0 aliphatic carbocycles. The number of nitrogens with one attached hydrogen (secondary N) is 1. The predicted molar refractivity (Wildman–Crippen MR) is 75.1 cm³/mol. The Morgan fingerprint density at radius 3 is 2.50 bits per heavy atom. The van der Waals surface area contributed by atoms with Gasteiger partial charge in [-0.05, 0) is 24.3 Å². The van der Waals surface area contributed by atoms with Crippen LogP contribution in [-0.4, -0.2) is 46.3 Å². The van der Waals surface area contributed by atoms with Gasteiger partial charge in [0.1, 0.15) is 0 Å². The topological polar surface area (TPSA) is 84.7 Å². The molecule has 0 aromatic heterocycles. The second kappa shape index (κ2) is 6.83. The number of morpholine rings is 1. The number of sulfonamides is 1. The van der Waals surface area contributed by atoms with Gasteiger partial charge in [-0.25, -0.2) is 13.4 Å². The highest BCUT2D eigenvalue weighted by atomic mass is 32.2. The first-order chi connectivity index (χ1) is 9.62. The molecule has 0 amide bonds. The molecule has 1 aliphatic heterocycles. The zero-order valence-corrected chi connectivity index (χ0v) is 11.8. The smallest absolute Gasteiger partial charge is 0.253 e. The Hall–Kier alpha value is -1.43. The van der Waals surface area contributed by atoms with Crippen LogP contribution in [0.15, 0.2) is 29.2 Å². The Balaban J connectivity index is 2.08. The fourth-order valence-electron chi connectivity index (χ4n) is 1.75. The first-order valence-corrected chi connectivity index (χ1v) is 7.74. The van der Waals surface area contributed by atoms with Gasteiger partial charge in [-0.1, -0.05) is 11.8 Å². The van der Waals surface area contributed by atoms with E-state index in [9.17, 15) is 8.42 Å². The quantitative estimate of drug-likeness (QED) is 0.736. The number of hydrogen-bond donors (Lipinski definition) is 2. The number of rotatable bonds is 3. The maximum atomic E-state index is 12.2. The van der Waals surface area contributed by atoms with Gasteiger partial charge in [0.2, 0.25) is 0 Å². The fraction of sp³-hybridized carbons (Fsp3) is 0.385. The van der Waals surface area contributed by atoms with Crippen LogP contribution in [0.1, 0.15) is 5.56 Å². The molecule has 1 fully saturated rings. The lowest BCUT2D eigenvalue weighted by Gasteiger charge is -2.26. The Bertz CT molecular complexity index is 596. The van der Waals surface area contributed by atoms with Crippen molar-refractivity contribution in [2.45, 2.75) is 4.90 Å². The normalized spacial score (nSPS) is 16.4. The number of nitrogens with zero attached hydrogens (tertiary/aromatic N) is 1. The van der Waals surface area contributed by atoms with E-state index >= 15 is 0 Å². The maximum Gasteiger partial charge on any atom is 0.253 e. The van der Waals surface area contributed by atoms with Gasteiger partial charge in [0, 0.05) is 18.7 Å². The molecule has 0 atom stereocenters. The van der Waals surface area contributed by atoms with E-state index in [4.69, 9.17) is 10.5 Å². The molecule has 1 aromatic rings. The van der Waals surface area contributed by atoms with Gasteiger partial charge in [-0.2, -0.15) is 0 Å². The zero-order valence-electron chi connectivity index (χ0n) is 11.0. The molecule has 6 nitrogen and oxygen atoms in total. The highest BCUT2D eigenvalue weighted by molar-refractivity contribution is 7.89. The Kier molecular flexibility index (Phi) is 5.11. The first-order valence-electron chi connectivity index (χ1n) is 6.26. The number of hydrogen-bond acceptors (Lipinski definition) is 5. The van der Waals surface area contributed by atoms with Crippen molar-refractivity contribution in [1.82, 2.24) is 9.84 Å². The van der Waals surface area contributed by atoms with E-state index in [2.05, 4.69) is 16.7 Å². The van der Waals surface area contributed by atoms with E-state index in [-0.39, 0.29) is 11.4 Å². The van der Waals surface area contributed by atoms with Crippen molar-refractivity contribution in [3.05, 3.63) is 29.8 Å². The van der Waals surface area contributed by atoms with Crippen molar-refractivity contribution in [3.8, 4) is 11.8 Å². The molecule has 108 valence electrons. The minimum Gasteiger partial charge on any atom is -0.379 e. The van der Waals surface area contributed by atoms with Crippen molar-refractivity contribution in [3.63, 3.8) is 0 Å². The van der Waals surface area contributed by atoms with Crippen molar-refractivity contribution in [2.75, 3.05) is 32.8 Å². The van der Waals surface area contributed by atoms with E-state index in [1.165, 1.54) is 12.1 Å². The SMILES string of the molecule is NCC#Cc1ccc(S(=O)(=O)NN2CCOCC2)cc1. The molecule has 7 heteroatoms. The van der Waals surface area contributed by atoms with Crippen LogP contribution in [0.2, 0.25) is 0 Å². The van der Waals surface area contributed by atoms with Crippen molar-refractivity contribution in [1.29, 1.82) is 0 Å². The number of ether oxygens (including phenoxy) is 1. The molecular formula is C13H17N3O3S. The van der Waals surface area contributed by atoms with Gasteiger partial charge in [0.05, 0.1) is 24.7 Å². The fourth-order valence-corrected chi connectivity index (χ4v) is 2.87. The summed E-state index contributed by atoms with van der Waals surface area (Å²) in [6.45, 7) is 2.41. The molecular weight excluding hydrogens is 278 g/mol. The Morgan fingerprint density at radius 1 is 1.25 bits per heavy atom. The van der Waals surface area contributed by atoms with E-state index < -0.39 is 10.0 Å². The van der Waals surface area contributed by atoms with E-state index in [0.717, 1.165) is 5.56 Å².